The Morgan fingerprint density at radius 1 is 1.17 bits per heavy atom. The van der Waals surface area contributed by atoms with Crippen molar-refractivity contribution in [1.82, 2.24) is 19.5 Å². The number of aryl methyl sites for hydroxylation is 3. The lowest BCUT2D eigenvalue weighted by Crippen LogP contribution is -2.18. The Labute approximate surface area is 145 Å². The molecule has 24 heavy (non-hydrogen) atoms. The molecule has 0 aliphatic rings. The first-order chi connectivity index (χ1) is 11.4. The van der Waals surface area contributed by atoms with Crippen LogP contribution in [0.5, 0.6) is 0 Å². The van der Waals surface area contributed by atoms with Crippen LogP contribution in [0.15, 0.2) is 29.7 Å². The van der Waals surface area contributed by atoms with E-state index in [1.165, 1.54) is 22.9 Å². The van der Waals surface area contributed by atoms with E-state index in [0.717, 1.165) is 16.7 Å². The second kappa shape index (κ2) is 6.78. The normalized spacial score (nSPS) is 12.7. The monoisotopic (exact) mass is 343 g/mol. The van der Waals surface area contributed by atoms with E-state index in [-0.39, 0.29) is 0 Å². The molecule has 2 heterocycles. The maximum absolute atomic E-state index is 10.3. The van der Waals surface area contributed by atoms with Crippen LogP contribution in [0.4, 0.5) is 5.82 Å². The summed E-state index contributed by atoms with van der Waals surface area (Å²) in [6.45, 7) is 6.51. The molecule has 0 saturated carbocycles. The van der Waals surface area contributed by atoms with Crippen molar-refractivity contribution < 1.29 is 5.11 Å². The van der Waals surface area contributed by atoms with Crippen molar-refractivity contribution in [2.75, 3.05) is 11.5 Å². The van der Waals surface area contributed by atoms with Crippen LogP contribution in [-0.2, 0) is 6.54 Å². The Morgan fingerprint density at radius 2 is 1.92 bits per heavy atom. The van der Waals surface area contributed by atoms with E-state index in [0.29, 0.717) is 23.3 Å². The third kappa shape index (κ3) is 3.68. The van der Waals surface area contributed by atoms with Gasteiger partial charge in [-0.1, -0.05) is 11.8 Å². The average Bonchev–Trinajstić information content (AvgIpc) is 2.87. The molecule has 3 N–H and O–H groups in total. The number of hydrogen-bond acceptors (Lipinski definition) is 6. The number of benzene rings is 1. The zero-order valence-corrected chi connectivity index (χ0v) is 14.8. The molecule has 0 fully saturated rings. The highest BCUT2D eigenvalue weighted by Crippen LogP contribution is 2.20. The Bertz CT molecular complexity index is 857. The summed E-state index contributed by atoms with van der Waals surface area (Å²) < 4.78 is 1.98. The van der Waals surface area contributed by atoms with E-state index in [2.05, 4.69) is 40.9 Å². The quantitative estimate of drug-likeness (QED) is 0.546. The fourth-order valence-corrected chi connectivity index (χ4v) is 3.36. The van der Waals surface area contributed by atoms with Crippen LogP contribution in [0.3, 0.4) is 0 Å². The van der Waals surface area contributed by atoms with Crippen LogP contribution in [0.2, 0.25) is 0 Å². The first kappa shape index (κ1) is 16.7. The SMILES string of the molecule is Cc1cc(N)nc(SCC(O)Cn2cnc3cc(C)c(C)cc32)n1. The predicted molar refractivity (Wildman–Crippen MR) is 97.1 cm³/mol. The molecule has 126 valence electrons. The lowest BCUT2D eigenvalue weighted by Gasteiger charge is -2.12. The Morgan fingerprint density at radius 3 is 2.67 bits per heavy atom. The molecule has 0 radical (unpaired) electrons. The first-order valence-electron chi connectivity index (χ1n) is 7.76. The summed E-state index contributed by atoms with van der Waals surface area (Å²) in [5.41, 5.74) is 11.0. The summed E-state index contributed by atoms with van der Waals surface area (Å²) >= 11 is 1.40. The Hall–Kier alpha value is -2.12. The molecular weight excluding hydrogens is 322 g/mol. The lowest BCUT2D eigenvalue weighted by atomic mass is 10.1. The van der Waals surface area contributed by atoms with Gasteiger partial charge >= 0.3 is 0 Å². The van der Waals surface area contributed by atoms with Gasteiger partial charge in [-0.3, -0.25) is 0 Å². The summed E-state index contributed by atoms with van der Waals surface area (Å²) in [5, 5.41) is 10.9. The number of anilines is 1. The molecule has 0 bridgehead atoms. The average molecular weight is 343 g/mol. The van der Waals surface area contributed by atoms with Gasteiger partial charge in [-0.05, 0) is 44.0 Å². The van der Waals surface area contributed by atoms with Crippen molar-refractivity contribution >= 4 is 28.6 Å². The van der Waals surface area contributed by atoms with E-state index in [4.69, 9.17) is 5.73 Å². The van der Waals surface area contributed by atoms with Crippen LogP contribution in [-0.4, -0.2) is 36.5 Å². The molecule has 7 heteroatoms. The standard InChI is InChI=1S/C17H21N5OS/c1-10-4-14-15(5-11(10)2)22(9-19-14)7-13(23)8-24-17-20-12(3)6-16(18)21-17/h4-6,9,13,23H,7-8H2,1-3H3,(H2,18,20,21). The molecule has 3 rings (SSSR count). The summed E-state index contributed by atoms with van der Waals surface area (Å²) in [6.07, 6.45) is 1.25. The van der Waals surface area contributed by atoms with Gasteiger partial charge in [0.15, 0.2) is 5.16 Å². The highest BCUT2D eigenvalue weighted by molar-refractivity contribution is 7.99. The van der Waals surface area contributed by atoms with Crippen LogP contribution in [0.25, 0.3) is 11.0 Å². The fourth-order valence-electron chi connectivity index (χ4n) is 2.54. The van der Waals surface area contributed by atoms with Crippen LogP contribution in [0.1, 0.15) is 16.8 Å². The van der Waals surface area contributed by atoms with Gasteiger partial charge in [0.05, 0.1) is 30.0 Å². The third-order valence-corrected chi connectivity index (χ3v) is 4.89. The Balaban J connectivity index is 1.68. The number of nitrogens with two attached hydrogens (primary N) is 1. The maximum Gasteiger partial charge on any atom is 0.189 e. The van der Waals surface area contributed by atoms with Crippen LogP contribution in [0, 0.1) is 20.8 Å². The summed E-state index contributed by atoms with van der Waals surface area (Å²) in [4.78, 5) is 12.9. The highest BCUT2D eigenvalue weighted by Gasteiger charge is 2.11. The minimum Gasteiger partial charge on any atom is -0.390 e. The molecule has 0 aliphatic heterocycles. The number of aliphatic hydroxyl groups excluding tert-OH is 1. The molecule has 1 aromatic carbocycles. The van der Waals surface area contributed by atoms with E-state index >= 15 is 0 Å². The molecule has 6 nitrogen and oxygen atoms in total. The van der Waals surface area contributed by atoms with Crippen molar-refractivity contribution in [2.45, 2.75) is 38.6 Å². The number of aliphatic hydroxyl groups is 1. The van der Waals surface area contributed by atoms with E-state index < -0.39 is 6.10 Å². The summed E-state index contributed by atoms with van der Waals surface area (Å²) in [6, 6.07) is 5.91. The molecule has 1 unspecified atom stereocenters. The number of thioether (sulfide) groups is 1. The first-order valence-corrected chi connectivity index (χ1v) is 8.75. The number of aromatic nitrogens is 4. The molecule has 0 saturated heterocycles. The number of nitrogens with zero attached hydrogens (tertiary/aromatic N) is 4. The van der Waals surface area contributed by atoms with Gasteiger partial charge in [0.1, 0.15) is 5.82 Å². The summed E-state index contributed by atoms with van der Waals surface area (Å²) in [7, 11) is 0. The molecule has 0 amide bonds. The summed E-state index contributed by atoms with van der Waals surface area (Å²) in [5.74, 6) is 0.943. The lowest BCUT2D eigenvalue weighted by molar-refractivity contribution is 0.179. The number of hydrogen-bond donors (Lipinski definition) is 2. The van der Waals surface area contributed by atoms with E-state index in [9.17, 15) is 5.11 Å². The molecule has 2 aromatic heterocycles. The zero-order chi connectivity index (χ0) is 17.3. The predicted octanol–water partition coefficient (Wildman–Crippen LogP) is 2.49. The van der Waals surface area contributed by atoms with Crippen molar-refractivity contribution in [2.24, 2.45) is 0 Å². The maximum atomic E-state index is 10.3. The number of rotatable bonds is 5. The van der Waals surface area contributed by atoms with Gasteiger partial charge < -0.3 is 15.4 Å². The molecule has 0 spiro atoms. The van der Waals surface area contributed by atoms with E-state index in [1.807, 2.05) is 11.5 Å². The Kier molecular flexibility index (Phi) is 4.73. The van der Waals surface area contributed by atoms with Crippen molar-refractivity contribution in [3.63, 3.8) is 0 Å². The van der Waals surface area contributed by atoms with Crippen LogP contribution >= 0.6 is 11.8 Å². The van der Waals surface area contributed by atoms with Gasteiger partial charge in [-0.2, -0.15) is 0 Å². The largest absolute Gasteiger partial charge is 0.390 e. The second-order valence-corrected chi connectivity index (χ2v) is 6.99. The smallest absolute Gasteiger partial charge is 0.189 e. The van der Waals surface area contributed by atoms with Crippen molar-refractivity contribution in [1.29, 1.82) is 0 Å². The minimum absolute atomic E-state index is 0.450. The topological polar surface area (TPSA) is 89.8 Å². The number of fused-ring (bicyclic) bond motifs is 1. The molecule has 3 aromatic rings. The van der Waals surface area contributed by atoms with Crippen LogP contribution < -0.4 is 5.73 Å². The molecular formula is C17H21N5OS. The van der Waals surface area contributed by atoms with Gasteiger partial charge in [-0.25, -0.2) is 15.0 Å². The van der Waals surface area contributed by atoms with Gasteiger partial charge in [0.25, 0.3) is 0 Å². The molecule has 0 aliphatic carbocycles. The van der Waals surface area contributed by atoms with Gasteiger partial charge in [0.2, 0.25) is 0 Å². The minimum atomic E-state index is -0.528. The van der Waals surface area contributed by atoms with Crippen molar-refractivity contribution in [3.05, 3.63) is 41.3 Å². The fraction of sp³-hybridized carbons (Fsp3) is 0.353. The third-order valence-electron chi connectivity index (χ3n) is 3.90. The number of nitrogen functional groups attached to an aromatic ring is 1. The van der Waals surface area contributed by atoms with E-state index in [1.54, 1.807) is 12.4 Å². The van der Waals surface area contributed by atoms with Gasteiger partial charge in [-0.15, -0.1) is 0 Å². The zero-order valence-electron chi connectivity index (χ0n) is 14.0. The van der Waals surface area contributed by atoms with Crippen molar-refractivity contribution in [3.8, 4) is 0 Å². The number of imidazole rings is 1. The second-order valence-electron chi connectivity index (χ2n) is 6.00. The van der Waals surface area contributed by atoms with Gasteiger partial charge in [0, 0.05) is 17.5 Å². The highest BCUT2D eigenvalue weighted by atomic mass is 32.2. The molecule has 1 atom stereocenters.